The van der Waals surface area contributed by atoms with Gasteiger partial charge in [-0.25, -0.2) is 0 Å². The second-order valence-corrected chi connectivity index (χ2v) is 4.44. The standard InChI is InChI=1S/C8F18.Ca.2H/c9-1(10,3(13,14)5(17,18)7(21,22)23)2(11,12)4(15,16)6(19,20)8(24,25)26;;;. The first-order valence-corrected chi connectivity index (χ1v) is 5.15. The average Bonchev–Trinajstić information content (AvgIpc) is 2.34. The number of alkyl halides is 18. The van der Waals surface area contributed by atoms with Crippen LogP contribution in [0.3, 0.4) is 0 Å². The molecule has 0 unspecified atom stereocenters. The number of hydrogen-bond acceptors (Lipinski definition) is 0. The molecule has 0 aliphatic heterocycles. The van der Waals surface area contributed by atoms with E-state index in [1.54, 1.807) is 0 Å². The maximum absolute atomic E-state index is 12.8. The molecule has 0 aromatic carbocycles. The average molecular weight is 480 g/mol. The summed E-state index contributed by atoms with van der Waals surface area (Å²) in [5.41, 5.74) is 0. The van der Waals surface area contributed by atoms with Crippen molar-refractivity contribution in [3.63, 3.8) is 0 Å². The van der Waals surface area contributed by atoms with Crippen molar-refractivity contribution in [3.8, 4) is 0 Å². The van der Waals surface area contributed by atoms with E-state index in [1.807, 2.05) is 0 Å². The Morgan fingerprint density at radius 1 is 0.222 bits per heavy atom. The molecule has 0 saturated carbocycles. The maximum atomic E-state index is 12.8. The predicted octanol–water partition coefficient (Wildman–Crippen LogP) is 5.01. The van der Waals surface area contributed by atoms with Gasteiger partial charge in [-0.05, 0) is 0 Å². The molecule has 0 aromatic heterocycles. The number of rotatable bonds is 5. The summed E-state index contributed by atoms with van der Waals surface area (Å²) < 4.78 is 221. The van der Waals surface area contributed by atoms with E-state index in [-0.39, 0.29) is 37.7 Å². The molecule has 0 nitrogen and oxygen atoms in total. The van der Waals surface area contributed by atoms with Crippen LogP contribution >= 0.6 is 0 Å². The first-order chi connectivity index (χ1) is 10.8. The van der Waals surface area contributed by atoms with E-state index in [9.17, 15) is 79.0 Å². The summed E-state index contributed by atoms with van der Waals surface area (Å²) in [6.45, 7) is 0. The van der Waals surface area contributed by atoms with Crippen LogP contribution in [-0.4, -0.2) is 85.6 Å². The van der Waals surface area contributed by atoms with Gasteiger partial charge in [0.25, 0.3) is 0 Å². The summed E-state index contributed by atoms with van der Waals surface area (Å²) in [7, 11) is 0. The van der Waals surface area contributed by atoms with Gasteiger partial charge < -0.3 is 0 Å². The van der Waals surface area contributed by atoms with Crippen molar-refractivity contribution < 1.29 is 79.0 Å². The van der Waals surface area contributed by atoms with Crippen molar-refractivity contribution in [2.45, 2.75) is 47.9 Å². The van der Waals surface area contributed by atoms with E-state index in [4.69, 9.17) is 0 Å². The zero-order chi connectivity index (χ0) is 22.0. The Bertz CT molecular complexity index is 474. The molecule has 0 fully saturated rings. The third kappa shape index (κ3) is 3.77. The molecule has 162 valence electrons. The van der Waals surface area contributed by atoms with Gasteiger partial charge in [-0.15, -0.1) is 0 Å². The number of halogens is 18. The molecule has 0 heterocycles. The van der Waals surface area contributed by atoms with Gasteiger partial charge in [0.1, 0.15) is 0 Å². The zero-order valence-electron chi connectivity index (χ0n) is 10.8. The molecule has 0 aromatic rings. The Morgan fingerprint density at radius 3 is 0.444 bits per heavy atom. The molecular weight excluding hydrogens is 478 g/mol. The van der Waals surface area contributed by atoms with Crippen LogP contribution in [0.15, 0.2) is 0 Å². The zero-order valence-corrected chi connectivity index (χ0v) is 10.8. The van der Waals surface area contributed by atoms with E-state index in [1.165, 1.54) is 0 Å². The van der Waals surface area contributed by atoms with Crippen LogP contribution in [0.1, 0.15) is 0 Å². The molecule has 27 heavy (non-hydrogen) atoms. The molecule has 0 saturated heterocycles. The van der Waals surface area contributed by atoms with Gasteiger partial charge in [-0.2, -0.15) is 79.0 Å². The first kappa shape index (κ1) is 29.2. The minimum absolute atomic E-state index is 0. The second-order valence-electron chi connectivity index (χ2n) is 4.44. The summed E-state index contributed by atoms with van der Waals surface area (Å²) in [5.74, 6) is -51.0. The molecule has 0 radical (unpaired) electrons. The van der Waals surface area contributed by atoms with Gasteiger partial charge in [-0.1, -0.05) is 0 Å². The SMILES string of the molecule is FC(F)(F)C(F)(F)C(F)(F)C(F)(F)C(F)(F)C(F)(F)C(F)(F)C(F)(F)F.[CaH2]. The molecule has 0 rings (SSSR count). The Balaban J connectivity index is 0. The van der Waals surface area contributed by atoms with Gasteiger partial charge in [-0.3, -0.25) is 0 Å². The van der Waals surface area contributed by atoms with Crippen LogP contribution in [0, 0.1) is 0 Å². The molecule has 19 heteroatoms. The minimum atomic E-state index is -8.72. The number of hydrogen-bond donors (Lipinski definition) is 0. The molecule has 0 spiro atoms. The Morgan fingerprint density at radius 2 is 0.333 bits per heavy atom. The van der Waals surface area contributed by atoms with Crippen molar-refractivity contribution in [2.75, 3.05) is 0 Å². The summed E-state index contributed by atoms with van der Waals surface area (Å²) in [5, 5.41) is 0. The summed E-state index contributed by atoms with van der Waals surface area (Å²) >= 11 is 0. The molecule has 0 amide bonds. The fraction of sp³-hybridized carbons (Fsp3) is 1.00. The predicted molar refractivity (Wildman–Crippen MR) is 50.3 cm³/mol. The van der Waals surface area contributed by atoms with Gasteiger partial charge in [0.2, 0.25) is 0 Å². The molecule has 0 N–H and O–H groups in total. The molecule has 0 aliphatic rings. The molecule has 0 atom stereocenters. The van der Waals surface area contributed by atoms with E-state index in [0.717, 1.165) is 0 Å². The summed E-state index contributed by atoms with van der Waals surface area (Å²) in [6, 6.07) is 0. The van der Waals surface area contributed by atoms with Crippen molar-refractivity contribution in [1.29, 1.82) is 0 Å². The molecular formula is C8H2CaF18. The van der Waals surface area contributed by atoms with Crippen LogP contribution < -0.4 is 0 Å². The second kappa shape index (κ2) is 7.05. The van der Waals surface area contributed by atoms with E-state index in [2.05, 4.69) is 0 Å². The molecule has 0 bridgehead atoms. The summed E-state index contributed by atoms with van der Waals surface area (Å²) in [6.07, 6.45) is -15.6. The Kier molecular flexibility index (Phi) is 7.63. The van der Waals surface area contributed by atoms with Crippen LogP contribution in [0.2, 0.25) is 0 Å². The fourth-order valence-corrected chi connectivity index (χ4v) is 1.14. The topological polar surface area (TPSA) is 0 Å². The molecule has 0 aliphatic carbocycles. The van der Waals surface area contributed by atoms with E-state index in [0.29, 0.717) is 0 Å². The third-order valence-corrected chi connectivity index (χ3v) is 2.68. The fourth-order valence-electron chi connectivity index (χ4n) is 1.14. The van der Waals surface area contributed by atoms with E-state index < -0.39 is 47.9 Å². The van der Waals surface area contributed by atoms with Gasteiger partial charge in [0, 0.05) is 0 Å². The monoisotopic (exact) mass is 480 g/mol. The van der Waals surface area contributed by atoms with Crippen LogP contribution in [0.25, 0.3) is 0 Å². The van der Waals surface area contributed by atoms with Crippen molar-refractivity contribution in [3.05, 3.63) is 0 Å². The Hall–Kier alpha value is -0.000260. The van der Waals surface area contributed by atoms with Gasteiger partial charge in [0.05, 0.1) is 0 Å². The van der Waals surface area contributed by atoms with Crippen molar-refractivity contribution in [2.24, 2.45) is 0 Å². The quantitative estimate of drug-likeness (QED) is 0.384. The Labute approximate surface area is 164 Å². The van der Waals surface area contributed by atoms with E-state index >= 15 is 0 Å². The summed E-state index contributed by atoms with van der Waals surface area (Å²) in [4.78, 5) is 0. The van der Waals surface area contributed by atoms with Crippen LogP contribution in [-0.2, 0) is 0 Å². The van der Waals surface area contributed by atoms with Crippen LogP contribution in [0.5, 0.6) is 0 Å². The normalized spacial score (nSPS) is 16.2. The third-order valence-electron chi connectivity index (χ3n) is 2.68. The van der Waals surface area contributed by atoms with Gasteiger partial charge >= 0.3 is 85.6 Å². The van der Waals surface area contributed by atoms with Crippen molar-refractivity contribution in [1.82, 2.24) is 0 Å². The first-order valence-electron chi connectivity index (χ1n) is 5.15. The van der Waals surface area contributed by atoms with Gasteiger partial charge in [0.15, 0.2) is 0 Å². The van der Waals surface area contributed by atoms with Crippen molar-refractivity contribution >= 4 is 37.7 Å². The van der Waals surface area contributed by atoms with Crippen LogP contribution in [0.4, 0.5) is 79.0 Å².